The Kier molecular flexibility index (Phi) is 5.36. The Morgan fingerprint density at radius 1 is 0.933 bits per heavy atom. The van der Waals surface area contributed by atoms with Gasteiger partial charge in [0.2, 0.25) is 0 Å². The molecule has 0 aromatic carbocycles. The summed E-state index contributed by atoms with van der Waals surface area (Å²) < 4.78 is 79.4. The molecule has 0 aliphatic carbocycles. The van der Waals surface area contributed by atoms with E-state index in [4.69, 9.17) is 0 Å². The molecule has 0 aromatic heterocycles. The van der Waals surface area contributed by atoms with Gasteiger partial charge in [0.05, 0.1) is 0 Å². The van der Waals surface area contributed by atoms with Gasteiger partial charge < -0.3 is 0 Å². The molecule has 8 heteroatoms. The van der Waals surface area contributed by atoms with Crippen LogP contribution in [-0.4, -0.2) is 31.9 Å². The van der Waals surface area contributed by atoms with E-state index in [0.717, 1.165) is 0 Å². The van der Waals surface area contributed by atoms with Crippen LogP contribution in [0.25, 0.3) is 0 Å². The van der Waals surface area contributed by atoms with Crippen molar-refractivity contribution >= 4 is 0 Å². The van der Waals surface area contributed by atoms with E-state index < -0.39 is 38.3 Å². The van der Waals surface area contributed by atoms with Crippen LogP contribution in [0.5, 0.6) is 0 Å². The van der Waals surface area contributed by atoms with E-state index in [2.05, 4.69) is 9.47 Å². The fourth-order valence-electron chi connectivity index (χ4n) is 0.638. The zero-order chi connectivity index (χ0) is 12.1. The van der Waals surface area contributed by atoms with Crippen LogP contribution in [0.3, 0.4) is 0 Å². The fourth-order valence-corrected chi connectivity index (χ4v) is 0.638. The van der Waals surface area contributed by atoms with E-state index in [1.165, 1.54) is 6.92 Å². The van der Waals surface area contributed by atoms with E-state index >= 15 is 0 Å². The smallest absolute Gasteiger partial charge is 0.288 e. The molecule has 15 heavy (non-hydrogen) atoms. The molecule has 0 aliphatic rings. The van der Waals surface area contributed by atoms with Gasteiger partial charge in [0.25, 0.3) is 0 Å². The molecule has 2 nitrogen and oxygen atoms in total. The van der Waals surface area contributed by atoms with Crippen molar-refractivity contribution in [2.45, 2.75) is 31.9 Å². The molecule has 0 aromatic rings. The maximum absolute atomic E-state index is 12.3. The molecule has 0 N–H and O–H groups in total. The predicted molar refractivity (Wildman–Crippen MR) is 38.1 cm³/mol. The van der Waals surface area contributed by atoms with Gasteiger partial charge in [0.15, 0.2) is 19.6 Å². The average Bonchev–Trinajstić information content (AvgIpc) is 2.16. The van der Waals surface area contributed by atoms with Gasteiger partial charge in [-0.15, -0.1) is 0 Å². The molecular weight excluding hydrogens is 230 g/mol. The molecule has 0 amide bonds. The second-order valence-electron chi connectivity index (χ2n) is 2.62. The third-order valence-corrected chi connectivity index (χ3v) is 1.25. The third kappa shape index (κ3) is 5.83. The lowest BCUT2D eigenvalue weighted by Gasteiger charge is -2.24. The summed E-state index contributed by atoms with van der Waals surface area (Å²) in [6.07, 6.45) is -10.9. The summed E-state index contributed by atoms with van der Waals surface area (Å²) in [5.41, 5.74) is 0. The molecule has 92 valence electrons. The van der Waals surface area contributed by atoms with Crippen molar-refractivity contribution in [3.8, 4) is 0 Å². The second-order valence-corrected chi connectivity index (χ2v) is 2.62. The highest BCUT2D eigenvalue weighted by Gasteiger charge is 2.39. The predicted octanol–water partition coefficient (Wildman–Crippen LogP) is 2.88. The molecule has 0 saturated carbocycles. The van der Waals surface area contributed by atoms with Gasteiger partial charge in [-0.25, -0.2) is 8.78 Å². The van der Waals surface area contributed by atoms with Crippen LogP contribution in [0.1, 0.15) is 13.3 Å². The third-order valence-electron chi connectivity index (χ3n) is 1.25. The Bertz CT molecular complexity index is 168. The van der Waals surface area contributed by atoms with Gasteiger partial charge in [-0.3, -0.25) is 9.47 Å². The Labute approximate surface area is 82.1 Å². The lowest BCUT2D eigenvalue weighted by molar-refractivity contribution is -0.380. The fraction of sp³-hybridized carbons (Fsp3) is 1.00. The SMILES string of the molecule is CCC(OC(F)(F)CF)OC(F)(F)CF. The average molecular weight is 240 g/mol. The van der Waals surface area contributed by atoms with Crippen molar-refractivity contribution in [3.05, 3.63) is 0 Å². The monoisotopic (exact) mass is 240 g/mol. The summed E-state index contributed by atoms with van der Waals surface area (Å²) in [4.78, 5) is 0. The van der Waals surface area contributed by atoms with Crippen LogP contribution in [0, 0.1) is 0 Å². The van der Waals surface area contributed by atoms with Crippen molar-refractivity contribution in [2.24, 2.45) is 0 Å². The highest BCUT2D eigenvalue weighted by molar-refractivity contribution is 4.56. The van der Waals surface area contributed by atoms with Crippen molar-refractivity contribution in [2.75, 3.05) is 13.3 Å². The zero-order valence-electron chi connectivity index (χ0n) is 7.78. The van der Waals surface area contributed by atoms with E-state index in [1.54, 1.807) is 0 Å². The molecule has 0 fully saturated rings. The van der Waals surface area contributed by atoms with E-state index in [0.29, 0.717) is 0 Å². The minimum atomic E-state index is -4.22. The molecule has 0 aliphatic heterocycles. The molecule has 0 unspecified atom stereocenters. The van der Waals surface area contributed by atoms with Gasteiger partial charge in [-0.2, -0.15) is 17.6 Å². The van der Waals surface area contributed by atoms with E-state index in [9.17, 15) is 26.3 Å². The Hall–Kier alpha value is -0.500. The largest absolute Gasteiger partial charge is 0.386 e. The van der Waals surface area contributed by atoms with E-state index in [-0.39, 0.29) is 0 Å². The van der Waals surface area contributed by atoms with Gasteiger partial charge in [-0.1, -0.05) is 6.92 Å². The molecule has 0 spiro atoms. The minimum absolute atomic E-state index is 0.398. The lowest BCUT2D eigenvalue weighted by Crippen LogP contribution is -2.37. The minimum Gasteiger partial charge on any atom is -0.288 e. The Balaban J connectivity index is 4.27. The quantitative estimate of drug-likeness (QED) is 0.503. The number of ether oxygens (including phenoxy) is 2. The number of hydrogen-bond acceptors (Lipinski definition) is 2. The molecule has 0 bridgehead atoms. The molecule has 0 rings (SSSR count). The van der Waals surface area contributed by atoms with Gasteiger partial charge >= 0.3 is 12.2 Å². The van der Waals surface area contributed by atoms with Crippen molar-refractivity contribution in [1.29, 1.82) is 0 Å². The number of hydrogen-bond donors (Lipinski definition) is 0. The van der Waals surface area contributed by atoms with Gasteiger partial charge in [-0.05, 0) is 6.42 Å². The zero-order valence-corrected chi connectivity index (χ0v) is 7.78. The second kappa shape index (κ2) is 5.55. The number of rotatable bonds is 7. The first kappa shape index (κ1) is 14.5. The molecule has 0 atom stereocenters. The molecule has 0 heterocycles. The molecule has 0 saturated heterocycles. The van der Waals surface area contributed by atoms with Crippen LogP contribution >= 0.6 is 0 Å². The van der Waals surface area contributed by atoms with Crippen LogP contribution in [0.15, 0.2) is 0 Å². The summed E-state index contributed by atoms with van der Waals surface area (Å²) >= 11 is 0. The van der Waals surface area contributed by atoms with Crippen molar-refractivity contribution in [3.63, 3.8) is 0 Å². The number of alkyl halides is 6. The molecule has 0 radical (unpaired) electrons. The summed E-state index contributed by atoms with van der Waals surface area (Å²) in [5.74, 6) is 0. The van der Waals surface area contributed by atoms with Crippen LogP contribution < -0.4 is 0 Å². The summed E-state index contributed by atoms with van der Waals surface area (Å²) in [7, 11) is 0. The highest BCUT2D eigenvalue weighted by Crippen LogP contribution is 2.25. The summed E-state index contributed by atoms with van der Waals surface area (Å²) in [6.45, 7) is -3.16. The van der Waals surface area contributed by atoms with Crippen molar-refractivity contribution in [1.82, 2.24) is 0 Å². The molecular formula is C7H10F6O2. The van der Waals surface area contributed by atoms with E-state index in [1.807, 2.05) is 0 Å². The first-order valence-electron chi connectivity index (χ1n) is 3.99. The topological polar surface area (TPSA) is 18.5 Å². The number of halogens is 6. The maximum atomic E-state index is 12.3. The van der Waals surface area contributed by atoms with Crippen LogP contribution in [-0.2, 0) is 9.47 Å². The van der Waals surface area contributed by atoms with Crippen LogP contribution in [0.2, 0.25) is 0 Å². The summed E-state index contributed by atoms with van der Waals surface area (Å²) in [6, 6.07) is 0. The summed E-state index contributed by atoms with van der Waals surface area (Å²) in [5, 5.41) is 0. The van der Waals surface area contributed by atoms with Crippen LogP contribution in [0.4, 0.5) is 26.3 Å². The Morgan fingerprint density at radius 2 is 1.27 bits per heavy atom. The Morgan fingerprint density at radius 3 is 1.47 bits per heavy atom. The first-order valence-corrected chi connectivity index (χ1v) is 3.99. The lowest BCUT2D eigenvalue weighted by atomic mass is 10.4. The van der Waals surface area contributed by atoms with Gasteiger partial charge in [0.1, 0.15) is 0 Å². The van der Waals surface area contributed by atoms with Gasteiger partial charge in [0, 0.05) is 0 Å². The normalized spacial score (nSPS) is 13.6. The first-order chi connectivity index (χ1) is 6.76. The standard InChI is InChI=1S/C7H10F6O2/c1-2-5(14-6(10,11)3-8)15-7(12,13)4-9/h5H,2-4H2,1H3. The van der Waals surface area contributed by atoms with Crippen molar-refractivity contribution < 1.29 is 35.8 Å². The maximum Gasteiger partial charge on any atom is 0.386 e. The highest BCUT2D eigenvalue weighted by atomic mass is 19.3.